The molecule has 0 amide bonds. The highest BCUT2D eigenvalue weighted by molar-refractivity contribution is 7.20. The van der Waals surface area contributed by atoms with Gasteiger partial charge < -0.3 is 4.90 Å². The largest absolute Gasteiger partial charge is 0.327 e. The number of rotatable bonds is 8. The predicted octanol–water partition coefficient (Wildman–Crippen LogP) is 8.35. The van der Waals surface area contributed by atoms with Crippen molar-refractivity contribution in [3.8, 4) is 0 Å². The molecule has 0 radical (unpaired) electrons. The first kappa shape index (κ1) is 48.4. The molecule has 0 aliphatic carbocycles. The van der Waals surface area contributed by atoms with E-state index in [1.165, 1.54) is 16.7 Å². The number of benzene rings is 5. The van der Waals surface area contributed by atoms with Crippen LogP contribution in [0.5, 0.6) is 0 Å². The molecule has 0 aliphatic heterocycles. The molecule has 5 aromatic carbocycles. The summed E-state index contributed by atoms with van der Waals surface area (Å²) in [7, 11) is 0. The van der Waals surface area contributed by atoms with E-state index in [1.807, 2.05) is 0 Å². The number of hydrogen-bond acceptors (Lipinski definition) is 0. The van der Waals surface area contributed by atoms with Gasteiger partial charge in [0.15, 0.2) is 69.8 Å². The topological polar surface area (TPSA) is 4.44 Å². The molecule has 0 heterocycles. The van der Waals surface area contributed by atoms with Crippen molar-refractivity contribution in [3.05, 3.63) is 151 Å². The summed E-state index contributed by atoms with van der Waals surface area (Å²) < 4.78 is 294. The maximum absolute atomic E-state index is 15.4. The summed E-state index contributed by atoms with van der Waals surface area (Å²) in [6.45, 7) is 14.7. The summed E-state index contributed by atoms with van der Waals surface area (Å²) in [5.74, 6) is -71.4. The van der Waals surface area contributed by atoms with Crippen LogP contribution in [0.2, 0.25) is 0 Å². The molecule has 5 rings (SSSR count). The van der Waals surface area contributed by atoms with E-state index >= 15 is 35.1 Å². The summed E-state index contributed by atoms with van der Waals surface area (Å²) in [4.78, 5) is 1.66. The number of aryl methyl sites for hydroxylation is 2. The number of nitrogens with one attached hydrogen (secondary N) is 1. The Labute approximate surface area is 332 Å². The normalized spacial score (nSPS) is 12.0. The minimum absolute atomic E-state index is 0.681. The van der Waals surface area contributed by atoms with Gasteiger partial charge in [-0.2, -0.15) is 0 Å². The second-order valence-electron chi connectivity index (χ2n) is 14.3. The van der Waals surface area contributed by atoms with Crippen molar-refractivity contribution in [1.82, 2.24) is 0 Å². The van der Waals surface area contributed by atoms with Crippen molar-refractivity contribution in [2.24, 2.45) is 0 Å². The maximum Gasteiger partial charge on any atom is 0.200 e. The molecule has 1 N–H and O–H groups in total. The van der Waals surface area contributed by atoms with Crippen LogP contribution in [-0.2, 0) is 6.54 Å². The molecule has 0 unspecified atom stereocenters. The van der Waals surface area contributed by atoms with Crippen molar-refractivity contribution in [3.63, 3.8) is 0 Å². The molecule has 0 saturated carbocycles. The Bertz CT molecular complexity index is 2170. The van der Waals surface area contributed by atoms with Gasteiger partial charge in [0.1, 0.15) is 59.2 Å². The second-order valence-corrected chi connectivity index (χ2v) is 14.3. The van der Waals surface area contributed by atoms with Crippen LogP contribution < -0.4 is 26.8 Å². The summed E-state index contributed by atoms with van der Waals surface area (Å²) in [5, 5.41) is 0. The van der Waals surface area contributed by atoms with Crippen molar-refractivity contribution < 1.29 is 92.7 Å². The van der Waals surface area contributed by atoms with Gasteiger partial charge in [-0.15, -0.1) is 21.9 Å². The molecule has 0 fully saturated rings. The first-order valence-electron chi connectivity index (χ1n) is 17.3. The number of quaternary nitrogens is 1. The minimum Gasteiger partial charge on any atom is -0.327 e. The van der Waals surface area contributed by atoms with Gasteiger partial charge in [0.05, 0.1) is 12.1 Å². The van der Waals surface area contributed by atoms with Crippen molar-refractivity contribution >= 4 is 28.0 Å². The van der Waals surface area contributed by atoms with E-state index in [-0.39, 0.29) is 0 Å². The molecule has 61 heavy (non-hydrogen) atoms. The fraction of sp³-hybridized carbons (Fsp3) is 0.231. The number of halogens is 20. The van der Waals surface area contributed by atoms with Gasteiger partial charge in [0.2, 0.25) is 0 Å². The molecule has 0 aliphatic rings. The van der Waals surface area contributed by atoms with Gasteiger partial charge in [0.25, 0.3) is 0 Å². The zero-order valence-corrected chi connectivity index (χ0v) is 31.7. The van der Waals surface area contributed by atoms with Crippen LogP contribution >= 0.6 is 0 Å². The van der Waals surface area contributed by atoms with E-state index in [2.05, 4.69) is 59.7 Å². The van der Waals surface area contributed by atoms with Crippen LogP contribution in [0.15, 0.2) is 18.2 Å². The highest BCUT2D eigenvalue weighted by atomic mass is 19.2. The lowest BCUT2D eigenvalue weighted by atomic mass is 9.12. The molecule has 0 spiro atoms. The van der Waals surface area contributed by atoms with E-state index in [0.29, 0.717) is 12.1 Å². The van der Waals surface area contributed by atoms with Gasteiger partial charge in [-0.1, -0.05) is 23.8 Å². The van der Waals surface area contributed by atoms with Crippen LogP contribution in [0.1, 0.15) is 44.4 Å². The van der Waals surface area contributed by atoms with Crippen LogP contribution in [0.25, 0.3) is 0 Å². The van der Waals surface area contributed by atoms with E-state index in [1.54, 1.807) is 4.90 Å². The summed E-state index contributed by atoms with van der Waals surface area (Å²) >= 11 is 0. The van der Waals surface area contributed by atoms with Crippen molar-refractivity contribution in [2.45, 2.75) is 60.2 Å². The Hall–Kier alpha value is -5.28. The Morgan fingerprint density at radius 3 is 0.770 bits per heavy atom. The molecular formula is C39H26BF20N. The fourth-order valence-electron chi connectivity index (χ4n) is 7.21. The standard InChI is InChI=1S/C24BF20.C15H25N/c26-5-1(6(27)14(35)21(42)13(5)34)25(2-7(28)15(36)22(43)16(37)8(2)29,3-9(30)17(38)23(44)18(39)10(3)31)4-11(32)19(40)24(45)20(41)12(4)33;1-11(2)16(12(3)4)10-15-8-7-13(5)9-14(15)6/h;7-9,11-12H,10H2,1-6H3/q-1;/p+1. The first-order chi connectivity index (χ1) is 28.1. The van der Waals surface area contributed by atoms with Crippen LogP contribution in [0.4, 0.5) is 87.8 Å². The minimum atomic E-state index is -7.22. The molecule has 22 heteroatoms. The lowest BCUT2D eigenvalue weighted by molar-refractivity contribution is -0.955. The van der Waals surface area contributed by atoms with Gasteiger partial charge in [-0.05, 0) is 47.1 Å². The van der Waals surface area contributed by atoms with Crippen molar-refractivity contribution in [1.29, 1.82) is 0 Å². The van der Waals surface area contributed by atoms with Crippen molar-refractivity contribution in [2.75, 3.05) is 0 Å². The van der Waals surface area contributed by atoms with E-state index in [9.17, 15) is 52.7 Å². The fourth-order valence-corrected chi connectivity index (χ4v) is 7.21. The highest BCUT2D eigenvalue weighted by Gasteiger charge is 2.52. The van der Waals surface area contributed by atoms with Gasteiger partial charge in [0, 0.05) is 5.56 Å². The Morgan fingerprint density at radius 2 is 0.574 bits per heavy atom. The Kier molecular flexibility index (Phi) is 14.0. The molecule has 0 bridgehead atoms. The molecule has 0 saturated heterocycles. The molecule has 330 valence electrons. The monoisotopic (exact) mass is 899 g/mol. The lowest BCUT2D eigenvalue weighted by Crippen LogP contribution is -3.16. The van der Waals surface area contributed by atoms with Crippen LogP contribution in [0.3, 0.4) is 0 Å². The summed E-state index contributed by atoms with van der Waals surface area (Å²) in [6.07, 6.45) is -7.22. The van der Waals surface area contributed by atoms with E-state index in [0.717, 1.165) is 6.54 Å². The van der Waals surface area contributed by atoms with Gasteiger partial charge in [-0.25, -0.2) is 87.8 Å². The SMILES string of the molecule is Cc1ccc(C[NH+](C(C)C)C(C)C)c(C)c1.Fc1c(F)c(F)c([B-](c2c(F)c(F)c(F)c(F)c2F)(c2c(F)c(F)c(F)c(F)c2F)c2c(F)c(F)c(F)c(F)c2F)c(F)c1F. The smallest absolute Gasteiger partial charge is 0.200 e. The molecule has 5 aromatic rings. The zero-order chi connectivity index (χ0) is 46.6. The van der Waals surface area contributed by atoms with E-state index < -0.39 is 144 Å². The predicted molar refractivity (Wildman–Crippen MR) is 180 cm³/mol. The molecular weight excluding hydrogens is 873 g/mol. The van der Waals surface area contributed by atoms with Gasteiger partial charge in [-0.3, -0.25) is 0 Å². The zero-order valence-electron chi connectivity index (χ0n) is 31.7. The van der Waals surface area contributed by atoms with Crippen LogP contribution in [0, 0.1) is 130 Å². The quantitative estimate of drug-likeness (QED) is 0.0692. The van der Waals surface area contributed by atoms with E-state index in [4.69, 9.17) is 0 Å². The Morgan fingerprint density at radius 1 is 0.361 bits per heavy atom. The average Bonchev–Trinajstić information content (AvgIpc) is 3.20. The highest BCUT2D eigenvalue weighted by Crippen LogP contribution is 2.30. The summed E-state index contributed by atoms with van der Waals surface area (Å²) in [5.41, 5.74) is -10.1. The van der Waals surface area contributed by atoms with Gasteiger partial charge >= 0.3 is 0 Å². The summed E-state index contributed by atoms with van der Waals surface area (Å²) in [6, 6.07) is 8.16. The second kappa shape index (κ2) is 17.6. The average molecular weight is 899 g/mol. The third kappa shape index (κ3) is 7.79. The number of hydrogen-bond donors (Lipinski definition) is 1. The molecule has 0 atom stereocenters. The third-order valence-electron chi connectivity index (χ3n) is 10.1. The van der Waals surface area contributed by atoms with Crippen LogP contribution in [-0.4, -0.2) is 18.2 Å². The molecule has 1 nitrogen and oxygen atoms in total. The maximum atomic E-state index is 15.4. The molecule has 0 aromatic heterocycles. The lowest BCUT2D eigenvalue weighted by Gasteiger charge is -2.44. The first-order valence-corrected chi connectivity index (χ1v) is 17.3. The Balaban J connectivity index is 0.000000430. The third-order valence-corrected chi connectivity index (χ3v) is 10.1.